The summed E-state index contributed by atoms with van der Waals surface area (Å²) < 4.78 is 11.1. The summed E-state index contributed by atoms with van der Waals surface area (Å²) in [5.74, 6) is -0.703. The van der Waals surface area contributed by atoms with Crippen LogP contribution in [0, 0.1) is 0 Å². The van der Waals surface area contributed by atoms with E-state index in [-0.39, 0.29) is 12.8 Å². The number of hydrogen-bond donors (Lipinski definition) is 8. The highest BCUT2D eigenvalue weighted by Crippen LogP contribution is 2.23. The number of hydrogen-bond acceptors (Lipinski definition) is 10. The smallest absolute Gasteiger partial charge is 0.249 e. The lowest BCUT2D eigenvalue weighted by Gasteiger charge is -2.40. The molecular weight excluding hydrogens is 775 g/mol. The Bertz CT molecular complexity index is 1040. The summed E-state index contributed by atoms with van der Waals surface area (Å²) in [5.41, 5.74) is 0. The second-order valence-electron chi connectivity index (χ2n) is 17.9. The second-order valence-corrected chi connectivity index (χ2v) is 17.9. The van der Waals surface area contributed by atoms with Gasteiger partial charge in [0.1, 0.15) is 36.6 Å². The van der Waals surface area contributed by atoms with Crippen LogP contribution in [0.4, 0.5) is 0 Å². The van der Waals surface area contributed by atoms with Crippen LogP contribution in [-0.2, 0) is 14.3 Å². The highest BCUT2D eigenvalue weighted by atomic mass is 16.7. The maximum absolute atomic E-state index is 13.1. The Balaban J connectivity index is 2.40. The molecule has 0 aromatic rings. The maximum atomic E-state index is 13.1. The van der Waals surface area contributed by atoms with E-state index in [9.17, 15) is 40.5 Å². The SMILES string of the molecule is CCCCCCCCC=CCCCCCCCCCCCCC(O)C(=O)NC(COC1OC(CO)C(O)C(O)C1O)C(O)C(O)CCCCCC=CCCCCCCCCC. The molecule has 9 atom stereocenters. The van der Waals surface area contributed by atoms with E-state index in [2.05, 4.69) is 43.5 Å². The number of allylic oxidation sites excluding steroid dienone is 4. The van der Waals surface area contributed by atoms with Crippen LogP contribution in [0.15, 0.2) is 24.3 Å². The topological polar surface area (TPSA) is 189 Å². The molecular formula is C50H95NO10. The van der Waals surface area contributed by atoms with Crippen molar-refractivity contribution < 1.29 is 50.0 Å². The lowest BCUT2D eigenvalue weighted by atomic mass is 9.98. The lowest BCUT2D eigenvalue weighted by Crippen LogP contribution is -2.60. The lowest BCUT2D eigenvalue weighted by molar-refractivity contribution is -0.303. The zero-order valence-corrected chi connectivity index (χ0v) is 38.9. The van der Waals surface area contributed by atoms with E-state index in [1.165, 1.54) is 135 Å². The Hall–Kier alpha value is -1.41. The molecule has 0 bridgehead atoms. The van der Waals surface area contributed by atoms with Gasteiger partial charge in [-0.2, -0.15) is 0 Å². The van der Waals surface area contributed by atoms with Gasteiger partial charge < -0.3 is 50.5 Å². The summed E-state index contributed by atoms with van der Waals surface area (Å²) in [6, 6.07) is -1.18. The van der Waals surface area contributed by atoms with Crippen LogP contribution in [0.1, 0.15) is 219 Å². The first-order valence-electron chi connectivity index (χ1n) is 25.2. The Morgan fingerprint density at radius 2 is 0.951 bits per heavy atom. The molecule has 8 N–H and O–H groups in total. The Labute approximate surface area is 372 Å². The van der Waals surface area contributed by atoms with E-state index in [1.807, 2.05) is 0 Å². The van der Waals surface area contributed by atoms with Crippen LogP contribution >= 0.6 is 0 Å². The number of amides is 1. The number of aliphatic hydroxyl groups excluding tert-OH is 7. The van der Waals surface area contributed by atoms with Crippen LogP contribution in [-0.4, -0.2) is 110 Å². The van der Waals surface area contributed by atoms with E-state index in [4.69, 9.17) is 9.47 Å². The Morgan fingerprint density at radius 1 is 0.557 bits per heavy atom. The molecule has 1 aliphatic rings. The molecule has 0 aromatic heterocycles. The number of carbonyl (C=O) groups excluding carboxylic acids is 1. The highest BCUT2D eigenvalue weighted by molar-refractivity contribution is 5.80. The predicted octanol–water partition coefficient (Wildman–Crippen LogP) is 9.01. The molecule has 9 unspecified atom stereocenters. The standard InChI is InChI=1S/C50H95NO10/c1-3-5-7-9-11-13-15-17-19-20-21-22-23-24-26-28-30-32-34-36-38-43(54)49(59)51-41(40-60-50-48(58)47(57)46(56)44(39-52)61-50)45(55)42(53)37-35-33-31-29-27-25-18-16-14-12-10-8-6-4-2/h17,19,25,27,41-48,50,52-58H,3-16,18,20-24,26,28-40H2,1-2H3,(H,51,59). The fourth-order valence-corrected chi connectivity index (χ4v) is 8.02. The minimum Gasteiger partial charge on any atom is -0.394 e. The molecule has 1 rings (SSSR count). The van der Waals surface area contributed by atoms with Crippen LogP contribution in [0.2, 0.25) is 0 Å². The van der Waals surface area contributed by atoms with Crippen LogP contribution in [0.3, 0.4) is 0 Å². The summed E-state index contributed by atoms with van der Waals surface area (Å²) in [4.78, 5) is 13.1. The first kappa shape index (κ1) is 57.6. The van der Waals surface area contributed by atoms with Gasteiger partial charge in [-0.05, 0) is 64.2 Å². The fourth-order valence-electron chi connectivity index (χ4n) is 8.02. The van der Waals surface area contributed by atoms with Gasteiger partial charge in [-0.3, -0.25) is 4.79 Å². The molecule has 11 nitrogen and oxygen atoms in total. The molecule has 1 fully saturated rings. The van der Waals surface area contributed by atoms with Crippen molar-refractivity contribution in [3.05, 3.63) is 24.3 Å². The minimum atomic E-state index is -1.66. The Morgan fingerprint density at radius 3 is 1.39 bits per heavy atom. The van der Waals surface area contributed by atoms with E-state index >= 15 is 0 Å². The second kappa shape index (κ2) is 40.1. The van der Waals surface area contributed by atoms with Crippen LogP contribution < -0.4 is 5.32 Å². The molecule has 1 aliphatic heterocycles. The van der Waals surface area contributed by atoms with Crippen molar-refractivity contribution in [2.45, 2.75) is 274 Å². The van der Waals surface area contributed by atoms with E-state index in [1.54, 1.807) is 0 Å². The normalized spacial score (nSPS) is 21.6. The largest absolute Gasteiger partial charge is 0.394 e. The quantitative estimate of drug-likeness (QED) is 0.0217. The van der Waals surface area contributed by atoms with Gasteiger partial charge in [0, 0.05) is 0 Å². The third-order valence-corrected chi connectivity index (χ3v) is 12.2. The molecule has 11 heteroatoms. The van der Waals surface area contributed by atoms with E-state index in [0.29, 0.717) is 12.8 Å². The third-order valence-electron chi connectivity index (χ3n) is 12.2. The third kappa shape index (κ3) is 29.6. The first-order chi connectivity index (χ1) is 29.7. The average Bonchev–Trinajstić information content (AvgIpc) is 3.26. The monoisotopic (exact) mass is 870 g/mol. The molecule has 0 aromatic carbocycles. The number of aliphatic hydroxyl groups is 7. The summed E-state index contributed by atoms with van der Waals surface area (Å²) in [6.07, 6.45) is 33.6. The average molecular weight is 870 g/mol. The van der Waals surface area contributed by atoms with Crippen molar-refractivity contribution >= 4 is 5.91 Å². The highest BCUT2D eigenvalue weighted by Gasteiger charge is 2.44. The number of nitrogens with one attached hydrogen (secondary N) is 1. The van der Waals surface area contributed by atoms with E-state index in [0.717, 1.165) is 44.9 Å². The van der Waals surface area contributed by atoms with Crippen LogP contribution in [0.5, 0.6) is 0 Å². The zero-order valence-electron chi connectivity index (χ0n) is 38.9. The molecule has 1 heterocycles. The molecule has 360 valence electrons. The van der Waals surface area contributed by atoms with Crippen molar-refractivity contribution in [3.8, 4) is 0 Å². The van der Waals surface area contributed by atoms with Gasteiger partial charge in [0.2, 0.25) is 5.91 Å². The van der Waals surface area contributed by atoms with Crippen molar-refractivity contribution in [1.82, 2.24) is 5.32 Å². The summed E-state index contributed by atoms with van der Waals surface area (Å²) in [7, 11) is 0. The Kier molecular flexibility index (Phi) is 37.9. The van der Waals surface area contributed by atoms with Gasteiger partial charge in [0.15, 0.2) is 6.29 Å². The number of ether oxygens (including phenoxy) is 2. The molecule has 0 saturated carbocycles. The predicted molar refractivity (Wildman–Crippen MR) is 247 cm³/mol. The summed E-state index contributed by atoms with van der Waals surface area (Å²) in [6.45, 7) is 3.43. The van der Waals surface area contributed by atoms with Crippen molar-refractivity contribution in [2.75, 3.05) is 13.2 Å². The maximum Gasteiger partial charge on any atom is 0.249 e. The molecule has 0 spiro atoms. The summed E-state index contributed by atoms with van der Waals surface area (Å²) in [5, 5.41) is 75.8. The number of rotatable bonds is 42. The zero-order chi connectivity index (χ0) is 44.8. The van der Waals surface area contributed by atoms with Gasteiger partial charge >= 0.3 is 0 Å². The van der Waals surface area contributed by atoms with Gasteiger partial charge in [-0.25, -0.2) is 0 Å². The first-order valence-corrected chi connectivity index (χ1v) is 25.2. The van der Waals surface area contributed by atoms with E-state index < -0.39 is 74.2 Å². The van der Waals surface area contributed by atoms with Crippen molar-refractivity contribution in [2.24, 2.45) is 0 Å². The minimum absolute atomic E-state index is 0.256. The molecule has 0 radical (unpaired) electrons. The molecule has 1 saturated heterocycles. The van der Waals surface area contributed by atoms with Gasteiger partial charge in [0.25, 0.3) is 0 Å². The van der Waals surface area contributed by atoms with Gasteiger partial charge in [-0.15, -0.1) is 0 Å². The fraction of sp³-hybridized carbons (Fsp3) is 0.900. The van der Waals surface area contributed by atoms with Crippen molar-refractivity contribution in [3.63, 3.8) is 0 Å². The molecule has 1 amide bonds. The molecule has 61 heavy (non-hydrogen) atoms. The van der Waals surface area contributed by atoms with Crippen molar-refractivity contribution in [1.29, 1.82) is 0 Å². The van der Waals surface area contributed by atoms with Crippen LogP contribution in [0.25, 0.3) is 0 Å². The summed E-state index contributed by atoms with van der Waals surface area (Å²) >= 11 is 0. The molecule has 0 aliphatic carbocycles. The number of carbonyl (C=O) groups is 1. The van der Waals surface area contributed by atoms with Gasteiger partial charge in [0.05, 0.1) is 25.4 Å². The number of unbranched alkanes of at least 4 members (excludes halogenated alkanes) is 26. The van der Waals surface area contributed by atoms with Gasteiger partial charge in [-0.1, -0.05) is 179 Å².